The minimum absolute atomic E-state index is 0.250. The number of hydrogen-bond donors (Lipinski definition) is 1. The van der Waals surface area contributed by atoms with E-state index in [1.807, 2.05) is 48.7 Å². The Kier molecular flexibility index (Phi) is 5.94. The minimum atomic E-state index is -0.962. The molecule has 1 N–H and O–H groups in total. The second kappa shape index (κ2) is 8.56. The third kappa shape index (κ3) is 4.77. The minimum Gasteiger partial charge on any atom is -0.493 e. The zero-order chi connectivity index (χ0) is 19.2. The molecule has 0 fully saturated rings. The molecule has 0 saturated heterocycles. The van der Waals surface area contributed by atoms with Crippen LogP contribution < -0.4 is 9.47 Å². The van der Waals surface area contributed by atoms with Crippen molar-refractivity contribution in [1.82, 2.24) is 0 Å². The van der Waals surface area contributed by atoms with Crippen LogP contribution in [0.2, 0.25) is 0 Å². The van der Waals surface area contributed by atoms with Gasteiger partial charge in [0.05, 0.1) is 12.7 Å². The summed E-state index contributed by atoms with van der Waals surface area (Å²) >= 11 is 1.39. The van der Waals surface area contributed by atoms with Crippen LogP contribution in [0.1, 0.15) is 21.6 Å². The van der Waals surface area contributed by atoms with Gasteiger partial charge in [0.2, 0.25) is 0 Å². The molecule has 5 heteroatoms. The Labute approximate surface area is 162 Å². The summed E-state index contributed by atoms with van der Waals surface area (Å²) in [5.41, 5.74) is 3.26. The highest BCUT2D eigenvalue weighted by Gasteiger charge is 2.13. The number of methoxy groups -OCH3 is 1. The van der Waals surface area contributed by atoms with E-state index in [9.17, 15) is 9.90 Å². The number of carboxylic acid groups (broad SMARTS) is 1. The van der Waals surface area contributed by atoms with Gasteiger partial charge in [-0.3, -0.25) is 0 Å². The molecule has 0 unspecified atom stereocenters. The highest BCUT2D eigenvalue weighted by atomic mass is 32.1. The maximum absolute atomic E-state index is 11.6. The van der Waals surface area contributed by atoms with E-state index in [4.69, 9.17) is 9.47 Å². The summed E-state index contributed by atoms with van der Waals surface area (Å²) in [5, 5.41) is 11.4. The first-order valence-corrected chi connectivity index (χ1v) is 9.30. The molecule has 1 heterocycles. The Hall–Kier alpha value is -3.05. The average Bonchev–Trinajstić information content (AvgIpc) is 3.20. The molecule has 0 saturated carbocycles. The van der Waals surface area contributed by atoms with Gasteiger partial charge in [0.1, 0.15) is 6.61 Å². The summed E-state index contributed by atoms with van der Waals surface area (Å²) < 4.78 is 11.3. The lowest BCUT2D eigenvalue weighted by Crippen LogP contribution is -1.99. The number of aliphatic carboxylic acids is 1. The van der Waals surface area contributed by atoms with Crippen molar-refractivity contribution in [1.29, 1.82) is 0 Å². The van der Waals surface area contributed by atoms with Crippen molar-refractivity contribution in [2.75, 3.05) is 7.11 Å². The zero-order valence-corrected chi connectivity index (χ0v) is 16.0. The zero-order valence-electron chi connectivity index (χ0n) is 15.1. The van der Waals surface area contributed by atoms with Crippen LogP contribution in [0, 0.1) is 6.92 Å². The standard InChI is InChI=1S/C22H20O4S/c1-15-5-7-16(8-6-15)14-26-19-10-9-17(13-20(19)25-2)12-18(22(23)24)21-4-3-11-27-21/h3-13H,14H2,1-2H3,(H,23,24)/b18-12-. The first-order chi connectivity index (χ1) is 13.1. The summed E-state index contributed by atoms with van der Waals surface area (Å²) in [7, 11) is 1.57. The second-order valence-corrected chi connectivity index (χ2v) is 6.97. The number of benzene rings is 2. The third-order valence-corrected chi connectivity index (χ3v) is 4.93. The second-order valence-electron chi connectivity index (χ2n) is 6.03. The van der Waals surface area contributed by atoms with E-state index in [0.717, 1.165) is 11.1 Å². The molecule has 0 aliphatic heterocycles. The topological polar surface area (TPSA) is 55.8 Å². The van der Waals surface area contributed by atoms with Crippen LogP contribution in [-0.2, 0) is 11.4 Å². The van der Waals surface area contributed by atoms with Crippen molar-refractivity contribution >= 4 is 29.0 Å². The molecule has 27 heavy (non-hydrogen) atoms. The number of carboxylic acids is 1. The smallest absolute Gasteiger partial charge is 0.337 e. The maximum atomic E-state index is 11.6. The Bertz CT molecular complexity index is 941. The fraction of sp³-hybridized carbons (Fsp3) is 0.136. The summed E-state index contributed by atoms with van der Waals surface area (Å²) in [5.74, 6) is 0.214. The number of carbonyl (C=O) groups is 1. The summed E-state index contributed by atoms with van der Waals surface area (Å²) in [4.78, 5) is 12.3. The van der Waals surface area contributed by atoms with Gasteiger partial charge in [-0.15, -0.1) is 11.3 Å². The van der Waals surface area contributed by atoms with Gasteiger partial charge < -0.3 is 14.6 Å². The van der Waals surface area contributed by atoms with E-state index >= 15 is 0 Å². The Morgan fingerprint density at radius 3 is 2.52 bits per heavy atom. The van der Waals surface area contributed by atoms with Gasteiger partial charge in [0.25, 0.3) is 0 Å². The summed E-state index contributed by atoms with van der Waals surface area (Å²) in [6.07, 6.45) is 1.64. The lowest BCUT2D eigenvalue weighted by Gasteiger charge is -2.12. The molecule has 0 aliphatic carbocycles. The number of rotatable bonds is 7. The van der Waals surface area contributed by atoms with E-state index in [0.29, 0.717) is 23.0 Å². The third-order valence-electron chi connectivity index (χ3n) is 4.03. The number of thiophene rings is 1. The van der Waals surface area contributed by atoms with Gasteiger partial charge in [-0.05, 0) is 47.7 Å². The van der Waals surface area contributed by atoms with E-state index in [2.05, 4.69) is 0 Å². The first kappa shape index (κ1) is 18.7. The van der Waals surface area contributed by atoms with Crippen molar-refractivity contribution < 1.29 is 19.4 Å². The predicted octanol–water partition coefficient (Wildman–Crippen LogP) is 5.27. The Balaban J connectivity index is 1.82. The fourth-order valence-corrected chi connectivity index (χ4v) is 3.31. The molecule has 1 aromatic heterocycles. The molecule has 0 spiro atoms. The molecule has 0 atom stereocenters. The monoisotopic (exact) mass is 380 g/mol. The van der Waals surface area contributed by atoms with E-state index < -0.39 is 5.97 Å². The van der Waals surface area contributed by atoms with Crippen molar-refractivity contribution in [3.05, 3.63) is 81.5 Å². The normalized spacial score (nSPS) is 11.3. The molecule has 3 aromatic rings. The highest BCUT2D eigenvalue weighted by Crippen LogP contribution is 2.31. The van der Waals surface area contributed by atoms with Crippen LogP contribution in [-0.4, -0.2) is 18.2 Å². The van der Waals surface area contributed by atoms with Crippen molar-refractivity contribution in [3.8, 4) is 11.5 Å². The molecule has 0 amide bonds. The molecule has 2 aromatic carbocycles. The van der Waals surface area contributed by atoms with Crippen LogP contribution in [0.3, 0.4) is 0 Å². The van der Waals surface area contributed by atoms with Crippen LogP contribution in [0.25, 0.3) is 11.6 Å². The van der Waals surface area contributed by atoms with Gasteiger partial charge >= 0.3 is 5.97 Å². The molecule has 0 radical (unpaired) electrons. The molecule has 3 rings (SSSR count). The Morgan fingerprint density at radius 2 is 1.89 bits per heavy atom. The van der Waals surface area contributed by atoms with Gasteiger partial charge in [-0.1, -0.05) is 42.0 Å². The van der Waals surface area contributed by atoms with E-state index in [-0.39, 0.29) is 5.57 Å². The lowest BCUT2D eigenvalue weighted by atomic mass is 10.1. The largest absolute Gasteiger partial charge is 0.493 e. The van der Waals surface area contributed by atoms with Crippen LogP contribution in [0.5, 0.6) is 11.5 Å². The molecule has 0 aliphatic rings. The lowest BCUT2D eigenvalue weighted by molar-refractivity contribution is -0.130. The number of hydrogen-bond acceptors (Lipinski definition) is 4. The van der Waals surface area contributed by atoms with Crippen LogP contribution in [0.15, 0.2) is 60.0 Å². The summed E-state index contributed by atoms with van der Waals surface area (Å²) in [6, 6.07) is 17.2. The first-order valence-electron chi connectivity index (χ1n) is 8.42. The van der Waals surface area contributed by atoms with Gasteiger partial charge in [-0.2, -0.15) is 0 Å². The SMILES string of the molecule is COc1cc(/C=C(\C(=O)O)c2cccs2)ccc1OCc1ccc(C)cc1. The fourth-order valence-electron chi connectivity index (χ4n) is 2.58. The van der Waals surface area contributed by atoms with Crippen LogP contribution in [0.4, 0.5) is 0 Å². The Morgan fingerprint density at radius 1 is 1.11 bits per heavy atom. The molecule has 138 valence electrons. The molecular formula is C22H20O4S. The van der Waals surface area contributed by atoms with Gasteiger partial charge in [0, 0.05) is 4.88 Å². The average molecular weight is 380 g/mol. The van der Waals surface area contributed by atoms with E-state index in [1.165, 1.54) is 16.9 Å². The number of aryl methyl sites for hydroxylation is 1. The quantitative estimate of drug-likeness (QED) is 0.567. The van der Waals surface area contributed by atoms with E-state index in [1.54, 1.807) is 31.4 Å². The van der Waals surface area contributed by atoms with Gasteiger partial charge in [-0.25, -0.2) is 4.79 Å². The summed E-state index contributed by atoms with van der Waals surface area (Å²) in [6.45, 7) is 2.48. The predicted molar refractivity (Wildman–Crippen MR) is 108 cm³/mol. The molecule has 4 nitrogen and oxygen atoms in total. The maximum Gasteiger partial charge on any atom is 0.337 e. The van der Waals surface area contributed by atoms with Crippen molar-refractivity contribution in [2.24, 2.45) is 0 Å². The highest BCUT2D eigenvalue weighted by molar-refractivity contribution is 7.11. The molecule has 0 bridgehead atoms. The van der Waals surface area contributed by atoms with Crippen molar-refractivity contribution in [2.45, 2.75) is 13.5 Å². The van der Waals surface area contributed by atoms with Crippen LogP contribution >= 0.6 is 11.3 Å². The number of ether oxygens (including phenoxy) is 2. The molecular weight excluding hydrogens is 360 g/mol. The van der Waals surface area contributed by atoms with Gasteiger partial charge in [0.15, 0.2) is 11.5 Å². The van der Waals surface area contributed by atoms with Crippen molar-refractivity contribution in [3.63, 3.8) is 0 Å².